The maximum atomic E-state index is 3.80. The van der Waals surface area contributed by atoms with E-state index in [9.17, 15) is 0 Å². The lowest BCUT2D eigenvalue weighted by molar-refractivity contribution is 0.250. The van der Waals surface area contributed by atoms with E-state index < -0.39 is 0 Å². The summed E-state index contributed by atoms with van der Waals surface area (Å²) in [5, 5.41) is 0. The Balaban J connectivity index is 1.54. The van der Waals surface area contributed by atoms with Crippen molar-refractivity contribution in [3.8, 4) is 0 Å². The minimum Gasteiger partial charge on any atom is -0.369 e. The Hall–Kier alpha value is -2.06. The number of anilines is 1. The fraction of sp³-hybridized carbons (Fsp3) is 0.263. The van der Waals surface area contributed by atoms with Crippen LogP contribution < -0.4 is 4.90 Å². The minimum absolute atomic E-state index is 1.04. The molecule has 0 spiro atoms. The van der Waals surface area contributed by atoms with Crippen molar-refractivity contribution < 1.29 is 0 Å². The van der Waals surface area contributed by atoms with Gasteiger partial charge in [-0.2, -0.15) is 0 Å². The molecule has 2 aromatic carbocycles. The van der Waals surface area contributed by atoms with Crippen LogP contribution in [0.4, 0.5) is 5.69 Å². The topological polar surface area (TPSA) is 6.48 Å². The smallest absolute Gasteiger partial charge is 0.0367 e. The van der Waals surface area contributed by atoms with Crippen molar-refractivity contribution >= 4 is 11.8 Å². The first kappa shape index (κ1) is 13.9. The van der Waals surface area contributed by atoms with Gasteiger partial charge in [0.2, 0.25) is 0 Å². The fourth-order valence-electron chi connectivity index (χ4n) is 2.82. The lowest BCUT2D eigenvalue weighted by Gasteiger charge is -2.36. The summed E-state index contributed by atoms with van der Waals surface area (Å²) >= 11 is 0. The second-order valence-electron chi connectivity index (χ2n) is 5.54. The van der Waals surface area contributed by atoms with Crippen molar-refractivity contribution in [3.63, 3.8) is 0 Å². The number of hydrogen-bond acceptors (Lipinski definition) is 2. The van der Waals surface area contributed by atoms with E-state index in [0.29, 0.717) is 0 Å². The average molecular weight is 278 g/mol. The molecule has 0 bridgehead atoms. The van der Waals surface area contributed by atoms with Gasteiger partial charge < -0.3 is 4.90 Å². The van der Waals surface area contributed by atoms with Gasteiger partial charge in [-0.05, 0) is 23.3 Å². The highest BCUT2D eigenvalue weighted by atomic mass is 15.3. The van der Waals surface area contributed by atoms with Gasteiger partial charge in [0.05, 0.1) is 0 Å². The zero-order valence-corrected chi connectivity index (χ0v) is 12.4. The predicted molar refractivity (Wildman–Crippen MR) is 90.5 cm³/mol. The first-order valence-corrected chi connectivity index (χ1v) is 7.59. The molecule has 0 radical (unpaired) electrons. The van der Waals surface area contributed by atoms with Crippen molar-refractivity contribution in [1.29, 1.82) is 0 Å². The summed E-state index contributed by atoms with van der Waals surface area (Å²) < 4.78 is 0. The third-order valence-corrected chi connectivity index (χ3v) is 4.12. The maximum Gasteiger partial charge on any atom is 0.0367 e. The lowest BCUT2D eigenvalue weighted by Crippen LogP contribution is -2.45. The maximum absolute atomic E-state index is 3.80. The van der Waals surface area contributed by atoms with E-state index in [-0.39, 0.29) is 0 Å². The molecule has 1 saturated heterocycles. The Morgan fingerprint density at radius 1 is 0.857 bits per heavy atom. The number of piperazine rings is 1. The van der Waals surface area contributed by atoms with E-state index in [2.05, 4.69) is 71.0 Å². The zero-order valence-electron chi connectivity index (χ0n) is 12.4. The largest absolute Gasteiger partial charge is 0.369 e. The van der Waals surface area contributed by atoms with Gasteiger partial charge in [0.15, 0.2) is 0 Å². The third kappa shape index (κ3) is 3.53. The average Bonchev–Trinajstić information content (AvgIpc) is 2.57. The SMILES string of the molecule is C=Cc1ccc(CN2CCN(c3ccccc3)CC2)cc1. The molecular formula is C19H22N2. The van der Waals surface area contributed by atoms with Crippen LogP contribution in [-0.4, -0.2) is 31.1 Å². The summed E-state index contributed by atoms with van der Waals surface area (Å²) in [6.07, 6.45) is 1.89. The molecule has 0 saturated carbocycles. The Bertz CT molecular complexity index is 566. The molecule has 108 valence electrons. The molecular weight excluding hydrogens is 256 g/mol. The predicted octanol–water partition coefficient (Wildman–Crippen LogP) is 3.65. The van der Waals surface area contributed by atoms with Gasteiger partial charge in [-0.3, -0.25) is 4.90 Å². The molecule has 3 rings (SSSR count). The van der Waals surface area contributed by atoms with Crippen LogP contribution in [0.1, 0.15) is 11.1 Å². The Kier molecular flexibility index (Phi) is 4.37. The Labute approximate surface area is 127 Å². The third-order valence-electron chi connectivity index (χ3n) is 4.12. The van der Waals surface area contributed by atoms with E-state index in [4.69, 9.17) is 0 Å². The molecule has 2 aromatic rings. The second-order valence-corrected chi connectivity index (χ2v) is 5.54. The zero-order chi connectivity index (χ0) is 14.5. The molecule has 1 fully saturated rings. The molecule has 0 unspecified atom stereocenters. The van der Waals surface area contributed by atoms with Crippen LogP contribution in [0, 0.1) is 0 Å². The van der Waals surface area contributed by atoms with Crippen molar-refractivity contribution in [2.45, 2.75) is 6.54 Å². The van der Waals surface area contributed by atoms with Crippen LogP contribution in [0.3, 0.4) is 0 Å². The normalized spacial score (nSPS) is 15.9. The summed E-state index contributed by atoms with van der Waals surface area (Å²) in [5.74, 6) is 0. The molecule has 1 aliphatic heterocycles. The quantitative estimate of drug-likeness (QED) is 0.842. The van der Waals surface area contributed by atoms with Crippen molar-refractivity contribution in [1.82, 2.24) is 4.90 Å². The van der Waals surface area contributed by atoms with Crippen molar-refractivity contribution in [2.24, 2.45) is 0 Å². The molecule has 0 N–H and O–H groups in total. The molecule has 2 nitrogen and oxygen atoms in total. The molecule has 0 aliphatic carbocycles. The van der Waals surface area contributed by atoms with Gasteiger partial charge in [-0.1, -0.05) is 55.1 Å². The molecule has 2 heteroatoms. The first-order chi connectivity index (χ1) is 10.3. The highest BCUT2D eigenvalue weighted by Crippen LogP contribution is 2.17. The van der Waals surface area contributed by atoms with Crippen molar-refractivity contribution in [3.05, 3.63) is 72.3 Å². The summed E-state index contributed by atoms with van der Waals surface area (Å²) in [7, 11) is 0. The standard InChI is InChI=1S/C19H22N2/c1-2-17-8-10-18(11-9-17)16-20-12-14-21(15-13-20)19-6-4-3-5-7-19/h2-11H,1,12-16H2. The van der Waals surface area contributed by atoms with Crippen LogP contribution in [0.15, 0.2) is 61.2 Å². The van der Waals surface area contributed by atoms with Gasteiger partial charge >= 0.3 is 0 Å². The van der Waals surface area contributed by atoms with Crippen LogP contribution in [0.25, 0.3) is 6.08 Å². The van der Waals surface area contributed by atoms with Crippen LogP contribution in [-0.2, 0) is 6.54 Å². The van der Waals surface area contributed by atoms with Gasteiger partial charge in [0, 0.05) is 38.4 Å². The summed E-state index contributed by atoms with van der Waals surface area (Å²) in [5.41, 5.74) is 3.91. The van der Waals surface area contributed by atoms with Gasteiger partial charge in [-0.25, -0.2) is 0 Å². The highest BCUT2D eigenvalue weighted by Gasteiger charge is 2.16. The molecule has 0 aromatic heterocycles. The fourth-order valence-corrected chi connectivity index (χ4v) is 2.82. The van der Waals surface area contributed by atoms with Gasteiger partial charge in [-0.15, -0.1) is 0 Å². The second kappa shape index (κ2) is 6.59. The van der Waals surface area contributed by atoms with Gasteiger partial charge in [0.1, 0.15) is 0 Å². The first-order valence-electron chi connectivity index (χ1n) is 7.59. The van der Waals surface area contributed by atoms with E-state index in [0.717, 1.165) is 32.7 Å². The molecule has 21 heavy (non-hydrogen) atoms. The molecule has 0 atom stereocenters. The van der Waals surface area contributed by atoms with Gasteiger partial charge in [0.25, 0.3) is 0 Å². The van der Waals surface area contributed by atoms with E-state index in [1.807, 2.05) is 6.08 Å². The molecule has 1 aliphatic rings. The monoisotopic (exact) mass is 278 g/mol. The number of nitrogens with zero attached hydrogens (tertiary/aromatic N) is 2. The Morgan fingerprint density at radius 3 is 2.14 bits per heavy atom. The number of para-hydroxylation sites is 1. The van der Waals surface area contributed by atoms with E-state index >= 15 is 0 Å². The number of rotatable bonds is 4. The summed E-state index contributed by atoms with van der Waals surface area (Å²) in [6, 6.07) is 19.4. The van der Waals surface area contributed by atoms with E-state index in [1.165, 1.54) is 16.8 Å². The lowest BCUT2D eigenvalue weighted by atomic mass is 10.1. The summed E-state index contributed by atoms with van der Waals surface area (Å²) in [4.78, 5) is 5.00. The summed E-state index contributed by atoms with van der Waals surface area (Å²) in [6.45, 7) is 9.30. The Morgan fingerprint density at radius 2 is 1.52 bits per heavy atom. The van der Waals surface area contributed by atoms with Crippen LogP contribution >= 0.6 is 0 Å². The highest BCUT2D eigenvalue weighted by molar-refractivity contribution is 5.47. The van der Waals surface area contributed by atoms with Crippen LogP contribution in [0.5, 0.6) is 0 Å². The van der Waals surface area contributed by atoms with Crippen molar-refractivity contribution in [2.75, 3.05) is 31.1 Å². The molecule has 0 amide bonds. The number of benzene rings is 2. The van der Waals surface area contributed by atoms with E-state index in [1.54, 1.807) is 0 Å². The number of hydrogen-bond donors (Lipinski definition) is 0. The molecule has 1 heterocycles. The van der Waals surface area contributed by atoms with Crippen LogP contribution in [0.2, 0.25) is 0 Å². The minimum atomic E-state index is 1.04.